The number of imide groups is 1. The zero-order valence-corrected chi connectivity index (χ0v) is 16.4. The Kier molecular flexibility index (Phi) is 5.98. The van der Waals surface area contributed by atoms with E-state index in [1.54, 1.807) is 20.8 Å². The fraction of sp³-hybridized carbons (Fsp3) is 0.353. The quantitative estimate of drug-likeness (QED) is 0.336. The van der Waals surface area contributed by atoms with E-state index in [0.29, 0.717) is 16.7 Å². The molecule has 1 N–H and O–H groups in total. The fourth-order valence-corrected chi connectivity index (χ4v) is 3.09. The van der Waals surface area contributed by atoms with Gasteiger partial charge in [0.05, 0.1) is 23.0 Å². The van der Waals surface area contributed by atoms with Crippen molar-refractivity contribution in [2.45, 2.75) is 26.4 Å². The first-order valence-corrected chi connectivity index (χ1v) is 8.77. The van der Waals surface area contributed by atoms with Crippen LogP contribution in [-0.2, 0) is 14.3 Å². The van der Waals surface area contributed by atoms with Crippen LogP contribution in [0.2, 0.25) is 0 Å². The molecule has 0 bridgehead atoms. The van der Waals surface area contributed by atoms with E-state index in [0.717, 1.165) is 18.2 Å². The number of benzene rings is 1. The Hall–Kier alpha value is -3.08. The second kappa shape index (κ2) is 7.89. The summed E-state index contributed by atoms with van der Waals surface area (Å²) in [6, 6.07) is 2.07. The Balaban J connectivity index is 2.32. The minimum atomic E-state index is -0.778. The molecule has 10 nitrogen and oxygen atoms in total. The number of nitro groups is 1. The molecule has 1 aliphatic heterocycles. The van der Waals surface area contributed by atoms with Crippen LogP contribution in [0.3, 0.4) is 0 Å². The number of carbonyl (C=O) groups is 3. The molecule has 0 atom stereocenters. The van der Waals surface area contributed by atoms with Gasteiger partial charge in [0.25, 0.3) is 16.8 Å². The number of ether oxygens (including phenoxy) is 2. The van der Waals surface area contributed by atoms with E-state index in [2.05, 4.69) is 0 Å². The lowest BCUT2D eigenvalue weighted by atomic mass is 10.1. The van der Waals surface area contributed by atoms with Gasteiger partial charge in [0.15, 0.2) is 11.5 Å². The second-order valence-corrected chi connectivity index (χ2v) is 7.69. The SMILES string of the molecule is COc1cc([N+](=O)[O-])cc(C=C2SC(=O)N(CC(=O)OC(C)(C)C)C2=O)c1O. The minimum Gasteiger partial charge on any atom is -0.504 e. The maximum atomic E-state index is 12.5. The van der Waals surface area contributed by atoms with Crippen molar-refractivity contribution in [1.29, 1.82) is 0 Å². The molecule has 1 fully saturated rings. The molecule has 150 valence electrons. The molecule has 28 heavy (non-hydrogen) atoms. The molecule has 1 aliphatic rings. The first-order valence-electron chi connectivity index (χ1n) is 7.95. The first-order chi connectivity index (χ1) is 12.9. The summed E-state index contributed by atoms with van der Waals surface area (Å²) in [5.74, 6) is -2.11. The van der Waals surface area contributed by atoms with E-state index in [1.807, 2.05) is 0 Å². The fourth-order valence-electron chi connectivity index (χ4n) is 2.27. The van der Waals surface area contributed by atoms with Crippen LogP contribution >= 0.6 is 11.8 Å². The number of aromatic hydroxyl groups is 1. The van der Waals surface area contributed by atoms with E-state index >= 15 is 0 Å². The van der Waals surface area contributed by atoms with Crippen LogP contribution in [0.15, 0.2) is 17.0 Å². The molecule has 0 unspecified atom stereocenters. The van der Waals surface area contributed by atoms with E-state index < -0.39 is 39.9 Å². The van der Waals surface area contributed by atoms with Gasteiger partial charge in [0.1, 0.15) is 12.1 Å². The van der Waals surface area contributed by atoms with Crippen molar-refractivity contribution < 1.29 is 33.9 Å². The lowest BCUT2D eigenvalue weighted by Crippen LogP contribution is -2.37. The third-order valence-corrected chi connectivity index (χ3v) is 4.29. The molecule has 2 rings (SSSR count). The molecule has 0 spiro atoms. The molecule has 1 aromatic rings. The number of methoxy groups -OCH3 is 1. The zero-order chi connectivity index (χ0) is 21.2. The molecule has 0 radical (unpaired) electrons. The number of phenolic OH excluding ortho intramolecular Hbond substituents is 1. The number of amides is 2. The average Bonchev–Trinajstić information content (AvgIpc) is 2.82. The van der Waals surface area contributed by atoms with Gasteiger partial charge in [-0.2, -0.15) is 0 Å². The molecule has 2 amide bonds. The number of thioether (sulfide) groups is 1. The number of nitrogens with zero attached hydrogens (tertiary/aromatic N) is 2. The topological polar surface area (TPSA) is 136 Å². The van der Waals surface area contributed by atoms with Crippen LogP contribution in [0.25, 0.3) is 6.08 Å². The molecular formula is C17H18N2O8S. The minimum absolute atomic E-state index is 0.0752. The van der Waals surface area contributed by atoms with Crippen molar-refractivity contribution in [2.24, 2.45) is 0 Å². The lowest BCUT2D eigenvalue weighted by Gasteiger charge is -2.21. The molecule has 0 saturated carbocycles. The van der Waals surface area contributed by atoms with Crippen LogP contribution in [0, 0.1) is 10.1 Å². The van der Waals surface area contributed by atoms with Crippen LogP contribution in [-0.4, -0.2) is 51.3 Å². The zero-order valence-electron chi connectivity index (χ0n) is 15.5. The number of nitro benzene ring substituents is 1. The largest absolute Gasteiger partial charge is 0.504 e. The van der Waals surface area contributed by atoms with Crippen LogP contribution in [0.5, 0.6) is 11.5 Å². The summed E-state index contributed by atoms with van der Waals surface area (Å²) in [6.45, 7) is 4.38. The molecule has 1 saturated heterocycles. The molecular weight excluding hydrogens is 392 g/mol. The van der Waals surface area contributed by atoms with Crippen molar-refractivity contribution in [3.63, 3.8) is 0 Å². The second-order valence-electron chi connectivity index (χ2n) is 6.70. The Bertz CT molecular complexity index is 888. The Morgan fingerprint density at radius 2 is 2.00 bits per heavy atom. The third-order valence-electron chi connectivity index (χ3n) is 3.39. The highest BCUT2D eigenvalue weighted by atomic mass is 32.2. The predicted octanol–water partition coefficient (Wildman–Crippen LogP) is 2.69. The number of non-ortho nitro benzene ring substituents is 1. The number of hydrogen-bond donors (Lipinski definition) is 1. The first kappa shape index (κ1) is 21.2. The van der Waals surface area contributed by atoms with Crippen molar-refractivity contribution in [2.75, 3.05) is 13.7 Å². The summed E-state index contributed by atoms with van der Waals surface area (Å²) >= 11 is 0.542. The standard InChI is InChI=1S/C17H18N2O8S/c1-17(2,3)27-13(20)8-18-15(22)12(28-16(18)23)6-9-5-10(19(24)25)7-11(26-4)14(9)21/h5-7,21H,8H2,1-4H3. The van der Waals surface area contributed by atoms with E-state index in [-0.39, 0.29) is 21.9 Å². The van der Waals surface area contributed by atoms with Gasteiger partial charge in [-0.3, -0.25) is 29.4 Å². The van der Waals surface area contributed by atoms with Gasteiger partial charge in [0, 0.05) is 11.6 Å². The smallest absolute Gasteiger partial charge is 0.326 e. The maximum Gasteiger partial charge on any atom is 0.326 e. The van der Waals surface area contributed by atoms with Crippen LogP contribution in [0.1, 0.15) is 26.3 Å². The highest BCUT2D eigenvalue weighted by Gasteiger charge is 2.37. The Morgan fingerprint density at radius 3 is 2.54 bits per heavy atom. The molecule has 1 aromatic carbocycles. The van der Waals surface area contributed by atoms with Crippen molar-refractivity contribution >= 4 is 40.6 Å². The molecule has 11 heteroatoms. The highest BCUT2D eigenvalue weighted by Crippen LogP contribution is 2.39. The van der Waals surface area contributed by atoms with Gasteiger partial charge in [-0.25, -0.2) is 0 Å². The summed E-state index contributed by atoms with van der Waals surface area (Å²) < 4.78 is 9.99. The summed E-state index contributed by atoms with van der Waals surface area (Å²) in [5, 5.41) is 20.5. The van der Waals surface area contributed by atoms with E-state index in [9.17, 15) is 29.6 Å². The molecule has 1 heterocycles. The lowest BCUT2D eigenvalue weighted by molar-refractivity contribution is -0.385. The third kappa shape index (κ3) is 4.80. The molecule has 0 aromatic heterocycles. The predicted molar refractivity (Wildman–Crippen MR) is 99.8 cm³/mol. The summed E-state index contributed by atoms with van der Waals surface area (Å²) in [4.78, 5) is 47.4. The van der Waals surface area contributed by atoms with Crippen molar-refractivity contribution in [3.8, 4) is 11.5 Å². The van der Waals surface area contributed by atoms with Gasteiger partial charge < -0.3 is 14.6 Å². The van der Waals surface area contributed by atoms with Gasteiger partial charge in [-0.15, -0.1) is 0 Å². The van der Waals surface area contributed by atoms with E-state index in [1.165, 1.54) is 7.11 Å². The van der Waals surface area contributed by atoms with Gasteiger partial charge >= 0.3 is 5.97 Å². The van der Waals surface area contributed by atoms with Crippen molar-refractivity contribution in [3.05, 3.63) is 32.7 Å². The number of phenols is 1. The van der Waals surface area contributed by atoms with Crippen molar-refractivity contribution in [1.82, 2.24) is 4.90 Å². The number of carbonyl (C=O) groups excluding carboxylic acids is 3. The normalized spacial score (nSPS) is 15.9. The maximum absolute atomic E-state index is 12.5. The number of esters is 1. The number of hydrogen-bond acceptors (Lipinski definition) is 9. The summed E-state index contributed by atoms with van der Waals surface area (Å²) in [6.07, 6.45) is 1.13. The monoisotopic (exact) mass is 410 g/mol. The Labute approximate surface area is 164 Å². The number of rotatable bonds is 5. The summed E-state index contributed by atoms with van der Waals surface area (Å²) in [5.41, 5.74) is -1.22. The molecule has 0 aliphatic carbocycles. The van der Waals surface area contributed by atoms with Crippen LogP contribution in [0.4, 0.5) is 10.5 Å². The van der Waals surface area contributed by atoms with Gasteiger partial charge in [0.2, 0.25) is 0 Å². The van der Waals surface area contributed by atoms with Gasteiger partial charge in [-0.05, 0) is 38.6 Å². The van der Waals surface area contributed by atoms with Crippen LogP contribution < -0.4 is 4.74 Å². The summed E-state index contributed by atoms with van der Waals surface area (Å²) in [7, 11) is 1.22. The average molecular weight is 410 g/mol. The Morgan fingerprint density at radius 1 is 1.36 bits per heavy atom. The van der Waals surface area contributed by atoms with E-state index in [4.69, 9.17) is 9.47 Å². The highest BCUT2D eigenvalue weighted by molar-refractivity contribution is 8.18. The van der Waals surface area contributed by atoms with Gasteiger partial charge in [-0.1, -0.05) is 0 Å².